The second-order valence-corrected chi connectivity index (χ2v) is 6.61. The fourth-order valence-corrected chi connectivity index (χ4v) is 3.89. The van der Waals surface area contributed by atoms with E-state index in [2.05, 4.69) is 0 Å². The number of Topliss-reactive ketones (excluding diaryl/α,β-unsaturated/α-hetero) is 1. The van der Waals surface area contributed by atoms with Gasteiger partial charge in [-0.15, -0.1) is 0 Å². The van der Waals surface area contributed by atoms with Gasteiger partial charge in [0.05, 0.1) is 6.61 Å². The third-order valence-electron chi connectivity index (χ3n) is 4.81. The van der Waals surface area contributed by atoms with Crippen LogP contribution >= 0.6 is 0 Å². The van der Waals surface area contributed by atoms with E-state index >= 15 is 0 Å². The SMILES string of the molecule is CCOC(=O)C1C(=O)OC(C)(C)C1C1Cc2ccccc2C1=O. The monoisotopic (exact) mass is 316 g/mol. The molecule has 0 radical (unpaired) electrons. The number of cyclic esters (lactones) is 1. The number of ketones is 1. The van der Waals surface area contributed by atoms with Crippen molar-refractivity contribution in [1.29, 1.82) is 0 Å². The number of fused-ring (bicyclic) bond motifs is 1. The first-order valence-electron chi connectivity index (χ1n) is 7.88. The van der Waals surface area contributed by atoms with Crippen molar-refractivity contribution in [2.75, 3.05) is 6.61 Å². The normalized spacial score (nSPS) is 28.4. The molecule has 23 heavy (non-hydrogen) atoms. The van der Waals surface area contributed by atoms with Crippen molar-refractivity contribution in [3.8, 4) is 0 Å². The van der Waals surface area contributed by atoms with Gasteiger partial charge in [0.15, 0.2) is 11.7 Å². The molecule has 1 aromatic carbocycles. The van der Waals surface area contributed by atoms with Crippen molar-refractivity contribution in [3.05, 3.63) is 35.4 Å². The number of rotatable bonds is 3. The molecule has 1 aliphatic carbocycles. The minimum absolute atomic E-state index is 0.0220. The molecule has 5 nitrogen and oxygen atoms in total. The Balaban J connectivity index is 1.97. The third-order valence-corrected chi connectivity index (χ3v) is 4.81. The molecular weight excluding hydrogens is 296 g/mol. The standard InChI is InChI=1S/C18H20O5/c1-4-22-16(20)13-14(18(2,3)23-17(13)21)12-9-10-7-5-6-8-11(10)15(12)19/h5-8,12-14H,4,9H2,1-3H3. The van der Waals surface area contributed by atoms with Crippen LogP contribution in [0.2, 0.25) is 0 Å². The van der Waals surface area contributed by atoms with Gasteiger partial charge >= 0.3 is 11.9 Å². The van der Waals surface area contributed by atoms with E-state index in [-0.39, 0.29) is 12.4 Å². The van der Waals surface area contributed by atoms with E-state index in [9.17, 15) is 14.4 Å². The number of hydrogen-bond donors (Lipinski definition) is 0. The average Bonchev–Trinajstić information content (AvgIpc) is 2.93. The summed E-state index contributed by atoms with van der Waals surface area (Å²) in [5.74, 6) is -3.21. The van der Waals surface area contributed by atoms with E-state index in [1.54, 1.807) is 26.8 Å². The predicted molar refractivity (Wildman–Crippen MR) is 81.8 cm³/mol. The number of hydrogen-bond acceptors (Lipinski definition) is 5. The van der Waals surface area contributed by atoms with E-state index < -0.39 is 35.3 Å². The van der Waals surface area contributed by atoms with Gasteiger partial charge in [-0.25, -0.2) is 0 Å². The maximum atomic E-state index is 12.8. The lowest BCUT2D eigenvalue weighted by atomic mass is 9.72. The zero-order chi connectivity index (χ0) is 16.8. The molecule has 1 aliphatic heterocycles. The van der Waals surface area contributed by atoms with Gasteiger partial charge in [0, 0.05) is 17.4 Å². The molecule has 5 heteroatoms. The quantitative estimate of drug-likeness (QED) is 0.631. The molecule has 1 fully saturated rings. The minimum Gasteiger partial charge on any atom is -0.465 e. The van der Waals surface area contributed by atoms with Crippen molar-refractivity contribution >= 4 is 17.7 Å². The summed E-state index contributed by atoms with van der Waals surface area (Å²) in [5, 5.41) is 0. The Labute approximate surface area is 135 Å². The van der Waals surface area contributed by atoms with E-state index in [4.69, 9.17) is 9.47 Å². The highest BCUT2D eigenvalue weighted by Gasteiger charge is 2.59. The summed E-state index contributed by atoms with van der Waals surface area (Å²) >= 11 is 0. The average molecular weight is 316 g/mol. The lowest BCUT2D eigenvalue weighted by molar-refractivity contribution is -0.157. The minimum atomic E-state index is -1.03. The molecule has 2 aliphatic rings. The van der Waals surface area contributed by atoms with E-state index in [0.29, 0.717) is 12.0 Å². The van der Waals surface area contributed by atoms with Crippen molar-refractivity contribution in [1.82, 2.24) is 0 Å². The highest BCUT2D eigenvalue weighted by atomic mass is 16.6. The number of esters is 2. The Morgan fingerprint density at radius 3 is 2.65 bits per heavy atom. The summed E-state index contributed by atoms with van der Waals surface area (Å²) < 4.78 is 10.4. The molecule has 1 saturated heterocycles. The van der Waals surface area contributed by atoms with Crippen molar-refractivity contribution in [2.24, 2.45) is 17.8 Å². The fraction of sp³-hybridized carbons (Fsp3) is 0.500. The highest BCUT2D eigenvalue weighted by Crippen LogP contribution is 2.46. The van der Waals surface area contributed by atoms with Crippen LogP contribution in [0.4, 0.5) is 0 Å². The largest absolute Gasteiger partial charge is 0.465 e. The summed E-state index contributed by atoms with van der Waals surface area (Å²) in [6, 6.07) is 7.42. The molecule has 3 unspecified atom stereocenters. The van der Waals surface area contributed by atoms with E-state index in [1.807, 2.05) is 18.2 Å². The van der Waals surface area contributed by atoms with E-state index in [0.717, 1.165) is 5.56 Å². The summed E-state index contributed by atoms with van der Waals surface area (Å²) in [6.45, 7) is 5.39. The van der Waals surface area contributed by atoms with Crippen molar-refractivity contribution in [3.63, 3.8) is 0 Å². The van der Waals surface area contributed by atoms with Gasteiger partial charge in [-0.05, 0) is 32.8 Å². The van der Waals surface area contributed by atoms with Crippen LogP contribution in [0.1, 0.15) is 36.7 Å². The maximum absolute atomic E-state index is 12.8. The summed E-state index contributed by atoms with van der Waals surface area (Å²) in [4.78, 5) is 37.3. The number of carbonyl (C=O) groups is 3. The Bertz CT molecular complexity index is 676. The second-order valence-electron chi connectivity index (χ2n) is 6.61. The van der Waals surface area contributed by atoms with Gasteiger partial charge in [-0.3, -0.25) is 14.4 Å². The van der Waals surface area contributed by atoms with Crippen LogP contribution in [0, 0.1) is 17.8 Å². The Morgan fingerprint density at radius 1 is 1.30 bits per heavy atom. The molecular formula is C18H20O5. The third kappa shape index (κ3) is 2.44. The number of ether oxygens (including phenoxy) is 2. The molecule has 1 heterocycles. The smallest absolute Gasteiger partial charge is 0.321 e. The molecule has 3 atom stereocenters. The van der Waals surface area contributed by atoms with Crippen LogP contribution in [0.25, 0.3) is 0 Å². The van der Waals surface area contributed by atoms with Gasteiger partial charge in [0.1, 0.15) is 5.60 Å². The second kappa shape index (κ2) is 5.48. The Kier molecular flexibility index (Phi) is 3.74. The molecule has 1 aromatic rings. The first-order valence-corrected chi connectivity index (χ1v) is 7.88. The molecule has 0 spiro atoms. The molecule has 122 valence electrons. The number of benzene rings is 1. The molecule has 0 saturated carbocycles. The predicted octanol–water partition coefficient (Wildman–Crippen LogP) is 2.17. The molecule has 3 rings (SSSR count). The summed E-state index contributed by atoms with van der Waals surface area (Å²) in [5.41, 5.74) is 0.757. The fourth-order valence-electron chi connectivity index (χ4n) is 3.89. The first kappa shape index (κ1) is 15.7. The van der Waals surface area contributed by atoms with Crippen LogP contribution in [0.15, 0.2) is 24.3 Å². The van der Waals surface area contributed by atoms with Gasteiger partial charge in [0.25, 0.3) is 0 Å². The Hall–Kier alpha value is -2.17. The van der Waals surface area contributed by atoms with Gasteiger partial charge in [0.2, 0.25) is 0 Å². The lowest BCUT2D eigenvalue weighted by Crippen LogP contribution is -2.41. The Morgan fingerprint density at radius 2 is 2.00 bits per heavy atom. The number of carbonyl (C=O) groups excluding carboxylic acids is 3. The summed E-state index contributed by atoms with van der Waals surface area (Å²) in [7, 11) is 0. The molecule has 0 bridgehead atoms. The highest BCUT2D eigenvalue weighted by molar-refractivity contribution is 6.04. The summed E-state index contributed by atoms with van der Waals surface area (Å²) in [6.07, 6.45) is 0.523. The zero-order valence-electron chi connectivity index (χ0n) is 13.5. The topological polar surface area (TPSA) is 69.7 Å². The van der Waals surface area contributed by atoms with Crippen LogP contribution < -0.4 is 0 Å². The molecule has 0 aromatic heterocycles. The van der Waals surface area contributed by atoms with E-state index in [1.165, 1.54) is 0 Å². The van der Waals surface area contributed by atoms with Crippen LogP contribution in [-0.2, 0) is 25.5 Å². The first-order chi connectivity index (χ1) is 10.9. The van der Waals surface area contributed by atoms with Gasteiger partial charge in [-0.1, -0.05) is 24.3 Å². The van der Waals surface area contributed by atoms with Crippen molar-refractivity contribution < 1.29 is 23.9 Å². The van der Waals surface area contributed by atoms with Crippen LogP contribution in [-0.4, -0.2) is 29.9 Å². The molecule has 0 amide bonds. The van der Waals surface area contributed by atoms with Gasteiger partial charge in [-0.2, -0.15) is 0 Å². The van der Waals surface area contributed by atoms with Gasteiger partial charge < -0.3 is 9.47 Å². The maximum Gasteiger partial charge on any atom is 0.321 e. The van der Waals surface area contributed by atoms with Crippen molar-refractivity contribution in [2.45, 2.75) is 32.8 Å². The zero-order valence-corrected chi connectivity index (χ0v) is 13.5. The lowest BCUT2D eigenvalue weighted by Gasteiger charge is -2.30. The molecule has 0 N–H and O–H groups in total. The van der Waals surface area contributed by atoms with Crippen LogP contribution in [0.3, 0.4) is 0 Å². The van der Waals surface area contributed by atoms with Crippen LogP contribution in [0.5, 0.6) is 0 Å².